The summed E-state index contributed by atoms with van der Waals surface area (Å²) >= 11 is 0. The van der Waals surface area contributed by atoms with Crippen LogP contribution in [-0.4, -0.2) is 52.9 Å². The maximum absolute atomic E-state index is 12.7. The van der Waals surface area contributed by atoms with Crippen LogP contribution in [-0.2, 0) is 20.8 Å². The molecule has 0 aliphatic carbocycles. The number of benzene rings is 1. The van der Waals surface area contributed by atoms with Crippen LogP contribution in [0.4, 0.5) is 9.59 Å². The molecule has 0 bridgehead atoms. The zero-order valence-electron chi connectivity index (χ0n) is 13.8. The number of carbonyl (C=O) groups is 2. The second-order valence-electron chi connectivity index (χ2n) is 6.55. The second kappa shape index (κ2) is 6.16. The van der Waals surface area contributed by atoms with Crippen molar-refractivity contribution in [3.05, 3.63) is 35.9 Å². The van der Waals surface area contributed by atoms with Crippen molar-refractivity contribution >= 4 is 12.2 Å². The standard InChI is InChI=1S/C17H21NO6/c1-12-8-17(23-9-13(2)24-17)11-18(12,15(19)20)16(21)22-10-14-6-4-3-5-7-14/h3-7,12-13H,8-11H2,1-2H3/p+1/t12-,13?,17?,18?/m1/s1. The summed E-state index contributed by atoms with van der Waals surface area (Å²) in [5.41, 5.74) is 0.804. The molecular formula is C17H22NO6+. The van der Waals surface area contributed by atoms with Gasteiger partial charge in [0.1, 0.15) is 12.6 Å². The zero-order valence-corrected chi connectivity index (χ0v) is 13.8. The zero-order chi connectivity index (χ0) is 17.4. The van der Waals surface area contributed by atoms with Crippen molar-refractivity contribution in [3.8, 4) is 0 Å². The summed E-state index contributed by atoms with van der Waals surface area (Å²) in [6, 6.07) is 8.66. The molecule has 1 aromatic carbocycles. The highest BCUT2D eigenvalue weighted by Crippen LogP contribution is 2.42. The minimum atomic E-state index is -1.25. The van der Waals surface area contributed by atoms with E-state index in [1.165, 1.54) is 0 Å². The van der Waals surface area contributed by atoms with Gasteiger partial charge in [-0.1, -0.05) is 30.3 Å². The highest BCUT2D eigenvalue weighted by Gasteiger charge is 2.67. The van der Waals surface area contributed by atoms with Crippen LogP contribution in [0.5, 0.6) is 0 Å². The quantitative estimate of drug-likeness (QED) is 0.836. The largest absolute Gasteiger partial charge is 0.527 e. The predicted octanol–water partition coefficient (Wildman–Crippen LogP) is 2.74. The topological polar surface area (TPSA) is 82.1 Å². The molecule has 1 aromatic rings. The van der Waals surface area contributed by atoms with Crippen molar-refractivity contribution < 1.29 is 33.4 Å². The number of carbonyl (C=O) groups excluding carboxylic acids is 1. The molecule has 2 fully saturated rings. The Hall–Kier alpha value is -1.96. The first-order valence-electron chi connectivity index (χ1n) is 8.02. The lowest BCUT2D eigenvalue weighted by molar-refractivity contribution is -0.800. The second-order valence-corrected chi connectivity index (χ2v) is 6.55. The summed E-state index contributed by atoms with van der Waals surface area (Å²) in [6.45, 7) is 3.92. The molecule has 24 heavy (non-hydrogen) atoms. The van der Waals surface area contributed by atoms with Gasteiger partial charge in [-0.05, 0) is 19.4 Å². The SMILES string of the molecule is CC1COC2(C[C@@H](C)[N+](C(=O)O)(C(=O)OCc3ccccc3)C2)O1. The molecule has 130 valence electrons. The van der Waals surface area contributed by atoms with Crippen molar-refractivity contribution in [2.75, 3.05) is 13.2 Å². The monoisotopic (exact) mass is 336 g/mol. The summed E-state index contributed by atoms with van der Waals surface area (Å²) < 4.78 is 16.0. The third-order valence-corrected chi connectivity index (χ3v) is 4.72. The Kier molecular flexibility index (Phi) is 4.33. The van der Waals surface area contributed by atoms with Gasteiger partial charge >= 0.3 is 12.2 Å². The molecular weight excluding hydrogens is 314 g/mol. The van der Waals surface area contributed by atoms with Gasteiger partial charge in [0.2, 0.25) is 5.79 Å². The summed E-state index contributed by atoms with van der Waals surface area (Å²) in [7, 11) is 0. The van der Waals surface area contributed by atoms with Crippen LogP contribution in [0.3, 0.4) is 0 Å². The third kappa shape index (κ3) is 2.79. The molecule has 3 rings (SSSR count). The molecule has 0 saturated carbocycles. The summed E-state index contributed by atoms with van der Waals surface area (Å²) in [6.07, 6.45) is -1.82. The van der Waals surface area contributed by atoms with Gasteiger partial charge in [-0.15, -0.1) is 4.48 Å². The number of imide groups is 1. The molecule has 2 heterocycles. The van der Waals surface area contributed by atoms with Crippen LogP contribution in [0.15, 0.2) is 30.3 Å². The van der Waals surface area contributed by atoms with E-state index in [0.29, 0.717) is 13.0 Å². The van der Waals surface area contributed by atoms with Crippen LogP contribution in [0.2, 0.25) is 0 Å². The predicted molar refractivity (Wildman–Crippen MR) is 83.1 cm³/mol. The molecule has 7 heteroatoms. The van der Waals surface area contributed by atoms with Gasteiger partial charge < -0.3 is 19.3 Å². The van der Waals surface area contributed by atoms with Crippen molar-refractivity contribution in [2.24, 2.45) is 0 Å². The van der Waals surface area contributed by atoms with Gasteiger partial charge in [0.15, 0.2) is 6.54 Å². The first kappa shape index (κ1) is 16.9. The number of carboxylic acid groups (broad SMARTS) is 1. The molecule has 1 N–H and O–H groups in total. The Balaban J connectivity index is 1.78. The maximum Gasteiger partial charge on any atom is 0.527 e. The average molecular weight is 336 g/mol. The van der Waals surface area contributed by atoms with Crippen LogP contribution in [0.1, 0.15) is 25.8 Å². The number of rotatable bonds is 2. The van der Waals surface area contributed by atoms with Crippen LogP contribution in [0, 0.1) is 0 Å². The number of nitrogens with zero attached hydrogens (tertiary/aromatic N) is 1. The number of amides is 2. The Morgan fingerprint density at radius 1 is 1.33 bits per heavy atom. The fraction of sp³-hybridized carbons (Fsp3) is 0.529. The van der Waals surface area contributed by atoms with Crippen molar-refractivity contribution in [2.45, 2.75) is 44.8 Å². The summed E-state index contributed by atoms with van der Waals surface area (Å²) in [5, 5.41) is 9.77. The average Bonchev–Trinajstić information content (AvgIpc) is 3.06. The Morgan fingerprint density at radius 2 is 2.04 bits per heavy atom. The summed E-state index contributed by atoms with van der Waals surface area (Å²) in [4.78, 5) is 24.6. The van der Waals surface area contributed by atoms with E-state index in [2.05, 4.69) is 0 Å². The van der Waals surface area contributed by atoms with E-state index in [-0.39, 0.29) is 19.3 Å². The van der Waals surface area contributed by atoms with Gasteiger partial charge in [0, 0.05) is 0 Å². The molecule has 0 radical (unpaired) electrons. The molecule has 2 saturated heterocycles. The van der Waals surface area contributed by atoms with E-state index in [1.807, 2.05) is 37.3 Å². The van der Waals surface area contributed by atoms with Gasteiger partial charge in [0.25, 0.3) is 0 Å². The Morgan fingerprint density at radius 3 is 2.62 bits per heavy atom. The fourth-order valence-electron chi connectivity index (χ4n) is 3.51. The minimum absolute atomic E-state index is 0.0325. The van der Waals surface area contributed by atoms with E-state index >= 15 is 0 Å². The van der Waals surface area contributed by atoms with E-state index < -0.39 is 28.5 Å². The van der Waals surface area contributed by atoms with Crippen LogP contribution in [0.25, 0.3) is 0 Å². The number of ether oxygens (including phenoxy) is 3. The van der Waals surface area contributed by atoms with E-state index in [0.717, 1.165) is 5.56 Å². The molecule has 0 aromatic heterocycles. The maximum atomic E-state index is 12.7. The third-order valence-electron chi connectivity index (χ3n) is 4.72. The van der Waals surface area contributed by atoms with Gasteiger partial charge in [-0.25, -0.2) is 0 Å². The number of likely N-dealkylation sites (tertiary alicyclic amines) is 1. The fourth-order valence-corrected chi connectivity index (χ4v) is 3.51. The molecule has 2 amide bonds. The normalized spacial score (nSPS) is 35.2. The first-order chi connectivity index (χ1) is 11.4. The van der Waals surface area contributed by atoms with E-state index in [4.69, 9.17) is 14.2 Å². The number of hydrogen-bond acceptors (Lipinski definition) is 5. The highest BCUT2D eigenvalue weighted by molar-refractivity contribution is 5.76. The molecule has 7 nitrogen and oxygen atoms in total. The minimum Gasteiger partial charge on any atom is -0.435 e. The first-order valence-corrected chi connectivity index (χ1v) is 8.02. The molecule has 2 aliphatic rings. The van der Waals surface area contributed by atoms with Gasteiger partial charge in [-0.3, -0.25) is 0 Å². The number of hydrogen-bond donors (Lipinski definition) is 1. The van der Waals surface area contributed by atoms with Crippen LogP contribution >= 0.6 is 0 Å². The van der Waals surface area contributed by atoms with Gasteiger partial charge in [0.05, 0.1) is 19.1 Å². The van der Waals surface area contributed by atoms with E-state index in [1.54, 1.807) is 6.92 Å². The van der Waals surface area contributed by atoms with Crippen molar-refractivity contribution in [1.82, 2.24) is 0 Å². The summed E-state index contributed by atoms with van der Waals surface area (Å²) in [5.74, 6) is -1.02. The molecule has 4 atom stereocenters. The van der Waals surface area contributed by atoms with E-state index in [9.17, 15) is 14.7 Å². The van der Waals surface area contributed by atoms with Crippen molar-refractivity contribution in [3.63, 3.8) is 0 Å². The lowest BCUT2D eigenvalue weighted by Crippen LogP contribution is -2.60. The highest BCUT2D eigenvalue weighted by atomic mass is 16.7. The molecule has 1 spiro atoms. The molecule has 3 unspecified atom stereocenters. The van der Waals surface area contributed by atoms with Crippen molar-refractivity contribution in [1.29, 1.82) is 0 Å². The Labute approximate surface area is 140 Å². The van der Waals surface area contributed by atoms with Crippen LogP contribution < -0.4 is 0 Å². The molecule has 2 aliphatic heterocycles. The smallest absolute Gasteiger partial charge is 0.435 e. The number of quaternary nitrogens is 1. The Bertz CT molecular complexity index is 635. The van der Waals surface area contributed by atoms with Gasteiger partial charge in [-0.2, -0.15) is 9.59 Å². The lowest BCUT2D eigenvalue weighted by Gasteiger charge is -2.28. The lowest BCUT2D eigenvalue weighted by atomic mass is 10.2.